The van der Waals surface area contributed by atoms with Gasteiger partial charge in [0.2, 0.25) is 0 Å². The van der Waals surface area contributed by atoms with Gasteiger partial charge in [0, 0.05) is 6.54 Å². The van der Waals surface area contributed by atoms with Crippen LogP contribution in [0.5, 0.6) is 5.75 Å². The fourth-order valence-corrected chi connectivity index (χ4v) is 1.25. The van der Waals surface area contributed by atoms with Gasteiger partial charge >= 0.3 is 0 Å². The van der Waals surface area contributed by atoms with Crippen molar-refractivity contribution in [3.8, 4) is 5.75 Å². The maximum atomic E-state index is 9.68. The van der Waals surface area contributed by atoms with Crippen LogP contribution in [0.3, 0.4) is 0 Å². The second kappa shape index (κ2) is 5.32. The second-order valence-electron chi connectivity index (χ2n) is 4.71. The molecular formula is C13H21NO2. The van der Waals surface area contributed by atoms with E-state index in [9.17, 15) is 5.11 Å². The summed E-state index contributed by atoms with van der Waals surface area (Å²) in [6.07, 6.45) is 0. The van der Waals surface area contributed by atoms with E-state index in [0.717, 1.165) is 5.75 Å². The van der Waals surface area contributed by atoms with Crippen LogP contribution in [-0.2, 0) is 0 Å². The van der Waals surface area contributed by atoms with Crippen molar-refractivity contribution in [1.29, 1.82) is 0 Å². The zero-order valence-electron chi connectivity index (χ0n) is 10.2. The van der Waals surface area contributed by atoms with Gasteiger partial charge in [-0.15, -0.1) is 0 Å². The highest BCUT2D eigenvalue weighted by molar-refractivity contribution is 5.28. The van der Waals surface area contributed by atoms with E-state index in [1.165, 1.54) is 5.56 Å². The smallest absolute Gasteiger partial charge is 0.119 e. The lowest BCUT2D eigenvalue weighted by Gasteiger charge is -2.21. The third-order valence-electron chi connectivity index (χ3n) is 2.54. The minimum Gasteiger partial charge on any atom is -0.491 e. The molecule has 0 aliphatic heterocycles. The lowest BCUT2D eigenvalue weighted by Crippen LogP contribution is -2.40. The molecule has 0 spiro atoms. The molecule has 1 aromatic rings. The van der Waals surface area contributed by atoms with Gasteiger partial charge in [0.25, 0.3) is 0 Å². The summed E-state index contributed by atoms with van der Waals surface area (Å²) >= 11 is 0. The zero-order valence-corrected chi connectivity index (χ0v) is 10.2. The minimum absolute atomic E-state index is 0.192. The number of hydrogen-bond donors (Lipinski definition) is 2. The maximum absolute atomic E-state index is 9.68. The molecule has 0 aromatic heterocycles. The highest BCUT2D eigenvalue weighted by Crippen LogP contribution is 2.19. The van der Waals surface area contributed by atoms with E-state index < -0.39 is 5.60 Å². The molecule has 1 rings (SSSR count). The van der Waals surface area contributed by atoms with E-state index in [2.05, 4.69) is 13.8 Å². The van der Waals surface area contributed by atoms with Gasteiger partial charge in [0.05, 0.1) is 0 Å². The summed E-state index contributed by atoms with van der Waals surface area (Å²) in [5.41, 5.74) is 5.72. The van der Waals surface area contributed by atoms with E-state index in [-0.39, 0.29) is 13.2 Å². The number of hydrogen-bond acceptors (Lipinski definition) is 3. The van der Waals surface area contributed by atoms with Crippen LogP contribution in [0.1, 0.15) is 32.3 Å². The molecular weight excluding hydrogens is 202 g/mol. The molecule has 3 heteroatoms. The van der Waals surface area contributed by atoms with Crippen molar-refractivity contribution < 1.29 is 9.84 Å². The topological polar surface area (TPSA) is 55.5 Å². The summed E-state index contributed by atoms with van der Waals surface area (Å²) in [5.74, 6) is 1.28. The second-order valence-corrected chi connectivity index (χ2v) is 4.71. The molecule has 0 fully saturated rings. The van der Waals surface area contributed by atoms with E-state index in [4.69, 9.17) is 10.5 Å². The van der Waals surface area contributed by atoms with Gasteiger partial charge in [0.15, 0.2) is 0 Å². The normalized spacial score (nSPS) is 14.9. The monoisotopic (exact) mass is 223 g/mol. The first-order valence-electron chi connectivity index (χ1n) is 5.60. The van der Waals surface area contributed by atoms with E-state index >= 15 is 0 Å². The Bertz CT molecular complexity index is 317. The van der Waals surface area contributed by atoms with E-state index in [1.807, 2.05) is 24.3 Å². The van der Waals surface area contributed by atoms with Crippen LogP contribution in [0, 0.1) is 0 Å². The summed E-state index contributed by atoms with van der Waals surface area (Å²) in [5, 5.41) is 9.68. The molecule has 0 heterocycles. The lowest BCUT2D eigenvalue weighted by atomic mass is 10.0. The van der Waals surface area contributed by atoms with E-state index in [1.54, 1.807) is 6.92 Å². The first kappa shape index (κ1) is 13.0. The van der Waals surface area contributed by atoms with Crippen molar-refractivity contribution in [2.24, 2.45) is 5.73 Å². The first-order valence-corrected chi connectivity index (χ1v) is 5.60. The fourth-order valence-electron chi connectivity index (χ4n) is 1.25. The highest BCUT2D eigenvalue weighted by atomic mass is 16.5. The molecule has 0 aliphatic rings. The molecule has 0 bridgehead atoms. The molecule has 3 nitrogen and oxygen atoms in total. The fraction of sp³-hybridized carbons (Fsp3) is 0.538. The van der Waals surface area contributed by atoms with Crippen molar-refractivity contribution in [2.75, 3.05) is 13.2 Å². The Morgan fingerprint density at radius 1 is 1.31 bits per heavy atom. The number of ether oxygens (including phenoxy) is 1. The Labute approximate surface area is 97.2 Å². The lowest BCUT2D eigenvalue weighted by molar-refractivity contribution is 0.0195. The number of aliphatic hydroxyl groups is 1. The molecule has 1 atom stereocenters. The molecule has 16 heavy (non-hydrogen) atoms. The van der Waals surface area contributed by atoms with Crippen molar-refractivity contribution in [3.05, 3.63) is 29.8 Å². The van der Waals surface area contributed by atoms with Crippen molar-refractivity contribution in [3.63, 3.8) is 0 Å². The quantitative estimate of drug-likeness (QED) is 0.801. The third kappa shape index (κ3) is 3.83. The van der Waals surface area contributed by atoms with Gasteiger partial charge in [-0.3, -0.25) is 0 Å². The van der Waals surface area contributed by atoms with Crippen LogP contribution in [0.15, 0.2) is 24.3 Å². The van der Waals surface area contributed by atoms with Crippen LogP contribution in [0.25, 0.3) is 0 Å². The molecule has 0 saturated carbocycles. The molecule has 0 saturated heterocycles. The molecule has 3 N–H and O–H groups in total. The third-order valence-corrected chi connectivity index (χ3v) is 2.54. The molecule has 1 unspecified atom stereocenters. The highest BCUT2D eigenvalue weighted by Gasteiger charge is 2.18. The number of nitrogens with two attached hydrogens (primary N) is 1. The summed E-state index contributed by atoms with van der Waals surface area (Å²) in [7, 11) is 0. The average Bonchev–Trinajstić information content (AvgIpc) is 2.27. The van der Waals surface area contributed by atoms with Crippen LogP contribution in [0.4, 0.5) is 0 Å². The number of rotatable bonds is 5. The molecule has 0 aliphatic carbocycles. The largest absolute Gasteiger partial charge is 0.491 e. The van der Waals surface area contributed by atoms with Crippen molar-refractivity contribution in [1.82, 2.24) is 0 Å². The average molecular weight is 223 g/mol. The standard InChI is InChI=1S/C13H21NO2/c1-10(2)11-4-6-12(7-5-11)16-9-13(3,15)8-14/h4-7,10,15H,8-9,14H2,1-3H3. The Balaban J connectivity index is 2.56. The summed E-state index contributed by atoms with van der Waals surface area (Å²) in [4.78, 5) is 0. The van der Waals surface area contributed by atoms with Gasteiger partial charge in [-0.1, -0.05) is 26.0 Å². The number of benzene rings is 1. The van der Waals surface area contributed by atoms with Crippen LogP contribution in [0.2, 0.25) is 0 Å². The predicted octanol–water partition coefficient (Wildman–Crippen LogP) is 1.90. The molecule has 1 aromatic carbocycles. The Kier molecular flexibility index (Phi) is 4.33. The molecule has 0 radical (unpaired) electrons. The summed E-state index contributed by atoms with van der Waals surface area (Å²) < 4.78 is 5.47. The van der Waals surface area contributed by atoms with Gasteiger partial charge in [-0.05, 0) is 30.5 Å². The first-order chi connectivity index (χ1) is 7.44. The minimum atomic E-state index is -0.962. The molecule has 90 valence electrons. The molecule has 0 amide bonds. The van der Waals surface area contributed by atoms with Gasteiger partial charge in [-0.25, -0.2) is 0 Å². The SMILES string of the molecule is CC(C)c1ccc(OCC(C)(O)CN)cc1. The Morgan fingerprint density at radius 2 is 1.88 bits per heavy atom. The summed E-state index contributed by atoms with van der Waals surface area (Å²) in [6, 6.07) is 7.91. The van der Waals surface area contributed by atoms with Crippen LogP contribution >= 0.6 is 0 Å². The van der Waals surface area contributed by atoms with Gasteiger partial charge in [-0.2, -0.15) is 0 Å². The van der Waals surface area contributed by atoms with E-state index in [0.29, 0.717) is 5.92 Å². The van der Waals surface area contributed by atoms with Gasteiger partial charge in [0.1, 0.15) is 18.0 Å². The Hall–Kier alpha value is -1.06. The van der Waals surface area contributed by atoms with Crippen LogP contribution in [-0.4, -0.2) is 23.9 Å². The van der Waals surface area contributed by atoms with Crippen molar-refractivity contribution in [2.45, 2.75) is 32.3 Å². The zero-order chi connectivity index (χ0) is 12.2. The predicted molar refractivity (Wildman–Crippen MR) is 65.7 cm³/mol. The van der Waals surface area contributed by atoms with Gasteiger partial charge < -0.3 is 15.6 Å². The van der Waals surface area contributed by atoms with Crippen molar-refractivity contribution >= 4 is 0 Å². The summed E-state index contributed by atoms with van der Waals surface area (Å²) in [6.45, 7) is 6.36. The Morgan fingerprint density at radius 3 is 2.31 bits per heavy atom. The maximum Gasteiger partial charge on any atom is 0.119 e. The van der Waals surface area contributed by atoms with Crippen LogP contribution < -0.4 is 10.5 Å².